The first kappa shape index (κ1) is 26.7. The van der Waals surface area contributed by atoms with E-state index in [-0.39, 0.29) is 24.5 Å². The van der Waals surface area contributed by atoms with Crippen molar-refractivity contribution in [3.8, 4) is 0 Å². The Kier molecular flexibility index (Phi) is 13.2. The third-order valence-corrected chi connectivity index (χ3v) is 4.75. The zero-order valence-corrected chi connectivity index (χ0v) is 19.6. The number of benzene rings is 1. The van der Waals surface area contributed by atoms with Gasteiger partial charge in [-0.05, 0) is 69.7 Å². The second kappa shape index (κ2) is 13.8. The van der Waals surface area contributed by atoms with Gasteiger partial charge in [0.15, 0.2) is 0 Å². The van der Waals surface area contributed by atoms with Crippen molar-refractivity contribution in [3.05, 3.63) is 29.8 Å². The van der Waals surface area contributed by atoms with E-state index < -0.39 is 0 Å². The first-order valence-corrected chi connectivity index (χ1v) is 10.6. The normalized spacial score (nSPS) is 12.2. The third kappa shape index (κ3) is 9.79. The van der Waals surface area contributed by atoms with Crippen molar-refractivity contribution in [1.82, 2.24) is 5.32 Å². The standard InChI is InChI=1S/C23H40N2O2.ClH/c1-8-25(9-2)22-12-10-20(11-13-22)23(26)27-19(7)16-24-21(14-17(3)4)15-18(5)6;/h10-13,17-19,21,24H,8-9,14-16H2,1-7H3;1H. The molecule has 1 aromatic carbocycles. The molecule has 1 N–H and O–H groups in total. The number of esters is 1. The summed E-state index contributed by atoms with van der Waals surface area (Å²) < 4.78 is 5.63. The van der Waals surface area contributed by atoms with E-state index in [2.05, 4.69) is 51.8 Å². The van der Waals surface area contributed by atoms with Gasteiger partial charge in [-0.15, -0.1) is 12.4 Å². The van der Waals surface area contributed by atoms with Gasteiger partial charge in [-0.25, -0.2) is 4.79 Å². The second-order valence-corrected chi connectivity index (χ2v) is 8.30. The quantitative estimate of drug-likeness (QED) is 0.457. The van der Waals surface area contributed by atoms with Crippen LogP contribution in [0.15, 0.2) is 24.3 Å². The van der Waals surface area contributed by atoms with Crippen LogP contribution in [0.1, 0.15) is 71.7 Å². The number of carbonyl (C=O) groups excluding carboxylic acids is 1. The summed E-state index contributed by atoms with van der Waals surface area (Å²) in [4.78, 5) is 14.7. The highest BCUT2D eigenvalue weighted by molar-refractivity contribution is 5.90. The summed E-state index contributed by atoms with van der Waals surface area (Å²) in [6, 6.07) is 8.17. The molecule has 1 aromatic rings. The molecular weight excluding hydrogens is 372 g/mol. The summed E-state index contributed by atoms with van der Waals surface area (Å²) in [5, 5.41) is 3.59. The Hall–Kier alpha value is -1.26. The van der Waals surface area contributed by atoms with Gasteiger partial charge in [-0.2, -0.15) is 0 Å². The van der Waals surface area contributed by atoms with Gasteiger partial charge in [0.25, 0.3) is 0 Å². The van der Waals surface area contributed by atoms with Crippen LogP contribution in [-0.4, -0.2) is 37.7 Å². The van der Waals surface area contributed by atoms with Crippen molar-refractivity contribution in [1.29, 1.82) is 0 Å². The largest absolute Gasteiger partial charge is 0.458 e. The van der Waals surface area contributed by atoms with Gasteiger partial charge >= 0.3 is 5.97 Å². The molecule has 0 aliphatic carbocycles. The van der Waals surface area contributed by atoms with Crippen molar-refractivity contribution in [2.24, 2.45) is 11.8 Å². The lowest BCUT2D eigenvalue weighted by Crippen LogP contribution is -2.38. The fourth-order valence-corrected chi connectivity index (χ4v) is 3.42. The van der Waals surface area contributed by atoms with Gasteiger partial charge in [0.2, 0.25) is 0 Å². The first-order chi connectivity index (χ1) is 12.8. The molecule has 1 unspecified atom stereocenters. The Morgan fingerprint density at radius 1 is 0.964 bits per heavy atom. The average molecular weight is 413 g/mol. The maximum absolute atomic E-state index is 12.4. The topological polar surface area (TPSA) is 41.6 Å². The van der Waals surface area contributed by atoms with Crippen LogP contribution in [0, 0.1) is 11.8 Å². The number of nitrogens with zero attached hydrogens (tertiary/aromatic N) is 1. The van der Waals surface area contributed by atoms with Crippen LogP contribution in [0.3, 0.4) is 0 Å². The fraction of sp³-hybridized carbons (Fsp3) is 0.696. The van der Waals surface area contributed by atoms with E-state index in [0.29, 0.717) is 30.0 Å². The van der Waals surface area contributed by atoms with E-state index in [4.69, 9.17) is 4.74 Å². The van der Waals surface area contributed by atoms with Gasteiger partial charge in [-0.3, -0.25) is 0 Å². The summed E-state index contributed by atoms with van der Waals surface area (Å²) in [5.41, 5.74) is 1.75. The number of anilines is 1. The summed E-state index contributed by atoms with van der Waals surface area (Å²) in [5.74, 6) is 1.06. The van der Waals surface area contributed by atoms with Crippen molar-refractivity contribution in [3.63, 3.8) is 0 Å². The van der Waals surface area contributed by atoms with E-state index in [1.54, 1.807) is 0 Å². The molecule has 0 saturated carbocycles. The smallest absolute Gasteiger partial charge is 0.338 e. The zero-order chi connectivity index (χ0) is 20.4. The summed E-state index contributed by atoms with van der Waals surface area (Å²) in [7, 11) is 0. The number of rotatable bonds is 12. The molecule has 0 fully saturated rings. The highest BCUT2D eigenvalue weighted by Gasteiger charge is 2.16. The van der Waals surface area contributed by atoms with Gasteiger partial charge in [-0.1, -0.05) is 27.7 Å². The Bertz CT molecular complexity index is 532. The lowest BCUT2D eigenvalue weighted by atomic mass is 9.95. The van der Waals surface area contributed by atoms with Crippen LogP contribution < -0.4 is 10.2 Å². The molecule has 1 rings (SSSR count). The summed E-state index contributed by atoms with van der Waals surface area (Å²) in [6.07, 6.45) is 2.14. The number of carbonyl (C=O) groups is 1. The Labute approximate surface area is 178 Å². The molecule has 5 heteroatoms. The number of ether oxygens (including phenoxy) is 1. The van der Waals surface area contributed by atoms with Crippen molar-refractivity contribution < 1.29 is 9.53 Å². The minimum atomic E-state index is -0.250. The molecule has 4 nitrogen and oxygen atoms in total. The van der Waals surface area contributed by atoms with Crippen LogP contribution in [0.25, 0.3) is 0 Å². The Balaban J connectivity index is 0.00000729. The minimum Gasteiger partial charge on any atom is -0.458 e. The fourth-order valence-electron chi connectivity index (χ4n) is 3.42. The Morgan fingerprint density at radius 2 is 1.46 bits per heavy atom. The maximum atomic E-state index is 12.4. The minimum absolute atomic E-state index is 0. The van der Waals surface area contributed by atoms with Crippen LogP contribution in [-0.2, 0) is 4.74 Å². The van der Waals surface area contributed by atoms with Gasteiger partial charge in [0, 0.05) is 31.4 Å². The summed E-state index contributed by atoms with van der Waals surface area (Å²) >= 11 is 0. The summed E-state index contributed by atoms with van der Waals surface area (Å²) in [6.45, 7) is 17.8. The predicted octanol–water partition coefficient (Wildman–Crippen LogP) is 5.55. The molecule has 0 amide bonds. The molecule has 0 bridgehead atoms. The van der Waals surface area contributed by atoms with Gasteiger partial charge in [0.1, 0.15) is 6.10 Å². The molecule has 1 atom stereocenters. The molecule has 162 valence electrons. The monoisotopic (exact) mass is 412 g/mol. The van der Waals surface area contributed by atoms with Crippen LogP contribution in [0.5, 0.6) is 0 Å². The number of nitrogens with one attached hydrogen (secondary N) is 1. The SMILES string of the molecule is CCN(CC)c1ccc(C(=O)OC(C)CNC(CC(C)C)CC(C)C)cc1.Cl. The van der Waals surface area contributed by atoms with E-state index in [0.717, 1.165) is 31.6 Å². The molecule has 0 spiro atoms. The van der Waals surface area contributed by atoms with Crippen LogP contribution in [0.4, 0.5) is 5.69 Å². The van der Waals surface area contributed by atoms with Crippen LogP contribution in [0.2, 0.25) is 0 Å². The van der Waals surface area contributed by atoms with E-state index in [1.165, 1.54) is 0 Å². The first-order valence-electron chi connectivity index (χ1n) is 10.6. The lowest BCUT2D eigenvalue weighted by molar-refractivity contribution is 0.0333. The molecular formula is C23H41ClN2O2. The lowest BCUT2D eigenvalue weighted by Gasteiger charge is -2.24. The van der Waals surface area contributed by atoms with Crippen molar-refractivity contribution in [2.75, 3.05) is 24.5 Å². The van der Waals surface area contributed by atoms with E-state index in [1.807, 2.05) is 31.2 Å². The highest BCUT2D eigenvalue weighted by Crippen LogP contribution is 2.16. The molecule has 0 saturated heterocycles. The average Bonchev–Trinajstić information content (AvgIpc) is 2.60. The second-order valence-electron chi connectivity index (χ2n) is 8.30. The molecule has 0 aromatic heterocycles. The molecule has 0 aliphatic rings. The number of halogens is 1. The van der Waals surface area contributed by atoms with Crippen molar-refractivity contribution in [2.45, 2.75) is 73.5 Å². The number of hydrogen-bond donors (Lipinski definition) is 1. The molecule has 0 radical (unpaired) electrons. The zero-order valence-electron chi connectivity index (χ0n) is 18.8. The number of hydrogen-bond acceptors (Lipinski definition) is 4. The highest BCUT2D eigenvalue weighted by atomic mass is 35.5. The van der Waals surface area contributed by atoms with Crippen molar-refractivity contribution >= 4 is 24.1 Å². The molecule has 0 aliphatic heterocycles. The predicted molar refractivity (Wildman–Crippen MR) is 123 cm³/mol. The van der Waals surface area contributed by atoms with Crippen LogP contribution >= 0.6 is 12.4 Å². The molecule has 28 heavy (non-hydrogen) atoms. The van der Waals surface area contributed by atoms with E-state index >= 15 is 0 Å². The Morgan fingerprint density at radius 3 is 1.89 bits per heavy atom. The maximum Gasteiger partial charge on any atom is 0.338 e. The third-order valence-electron chi connectivity index (χ3n) is 4.75. The van der Waals surface area contributed by atoms with Gasteiger partial charge in [0.05, 0.1) is 5.56 Å². The van der Waals surface area contributed by atoms with E-state index in [9.17, 15) is 4.79 Å². The molecule has 0 heterocycles. The van der Waals surface area contributed by atoms with Gasteiger partial charge < -0.3 is 15.0 Å².